The number of hydrogen-bond donors (Lipinski definition) is 1. The molecule has 0 aliphatic rings. The number of aryl methyl sites for hydroxylation is 3. The van der Waals surface area contributed by atoms with Gasteiger partial charge in [-0.25, -0.2) is 0 Å². The molecule has 0 aliphatic heterocycles. The Morgan fingerprint density at radius 1 is 1.29 bits per heavy atom. The van der Waals surface area contributed by atoms with Gasteiger partial charge in [0, 0.05) is 15.3 Å². The highest BCUT2D eigenvalue weighted by Crippen LogP contribution is 2.29. The maximum atomic E-state index is 10.4. The van der Waals surface area contributed by atoms with Gasteiger partial charge < -0.3 is 5.11 Å². The normalized spacial score (nSPS) is 12.7. The lowest BCUT2D eigenvalue weighted by Gasteiger charge is -2.12. The molecule has 1 atom stereocenters. The average Bonchev–Trinajstić information content (AvgIpc) is 2.75. The standard InChI is InChI=1S/C13H16N2OS/c1-4-11-10(7-8(2)14-15-11)13(16)12-6-5-9(3)17-12/h5-7,13,16H,4H2,1-3H3. The molecule has 2 aromatic heterocycles. The van der Waals surface area contributed by atoms with E-state index in [1.165, 1.54) is 4.88 Å². The fourth-order valence-electron chi connectivity index (χ4n) is 1.80. The van der Waals surface area contributed by atoms with Gasteiger partial charge in [0.15, 0.2) is 0 Å². The molecule has 1 N–H and O–H groups in total. The molecule has 17 heavy (non-hydrogen) atoms. The predicted octanol–water partition coefficient (Wildman–Crippen LogP) is 2.80. The van der Waals surface area contributed by atoms with Crippen molar-refractivity contribution >= 4 is 11.3 Å². The third-order valence-electron chi connectivity index (χ3n) is 2.69. The molecule has 90 valence electrons. The van der Waals surface area contributed by atoms with Crippen LogP contribution in [0.2, 0.25) is 0 Å². The molecule has 0 fully saturated rings. The van der Waals surface area contributed by atoms with Crippen molar-refractivity contribution in [3.63, 3.8) is 0 Å². The maximum Gasteiger partial charge on any atom is 0.115 e. The first-order valence-electron chi connectivity index (χ1n) is 5.69. The average molecular weight is 248 g/mol. The number of aliphatic hydroxyl groups is 1. The second-order valence-electron chi connectivity index (χ2n) is 4.09. The Balaban J connectivity index is 2.42. The first kappa shape index (κ1) is 12.2. The van der Waals surface area contributed by atoms with Crippen LogP contribution in [0, 0.1) is 13.8 Å². The molecule has 3 nitrogen and oxygen atoms in total. The monoisotopic (exact) mass is 248 g/mol. The number of nitrogens with zero attached hydrogens (tertiary/aromatic N) is 2. The van der Waals surface area contributed by atoms with Crippen molar-refractivity contribution < 1.29 is 5.11 Å². The zero-order chi connectivity index (χ0) is 12.4. The first-order chi connectivity index (χ1) is 8.11. The van der Waals surface area contributed by atoms with Crippen molar-refractivity contribution in [2.75, 3.05) is 0 Å². The summed E-state index contributed by atoms with van der Waals surface area (Å²) in [5.74, 6) is 0. The van der Waals surface area contributed by atoms with E-state index in [2.05, 4.69) is 10.2 Å². The molecule has 4 heteroatoms. The molecule has 0 aromatic carbocycles. The Morgan fingerprint density at radius 2 is 2.06 bits per heavy atom. The van der Waals surface area contributed by atoms with Crippen LogP contribution in [0.25, 0.3) is 0 Å². The van der Waals surface area contributed by atoms with Gasteiger partial charge in [-0.2, -0.15) is 10.2 Å². The Hall–Kier alpha value is -1.26. The second kappa shape index (κ2) is 4.94. The quantitative estimate of drug-likeness (QED) is 0.908. The van der Waals surface area contributed by atoms with Crippen LogP contribution in [-0.4, -0.2) is 15.3 Å². The highest BCUT2D eigenvalue weighted by atomic mass is 32.1. The summed E-state index contributed by atoms with van der Waals surface area (Å²) in [6, 6.07) is 5.92. The van der Waals surface area contributed by atoms with Crippen LogP contribution in [-0.2, 0) is 6.42 Å². The van der Waals surface area contributed by atoms with Gasteiger partial charge in [-0.1, -0.05) is 6.92 Å². The van der Waals surface area contributed by atoms with Gasteiger partial charge in [-0.15, -0.1) is 11.3 Å². The molecule has 0 aliphatic carbocycles. The number of rotatable bonds is 3. The molecule has 0 spiro atoms. The summed E-state index contributed by atoms with van der Waals surface area (Å²) in [6.07, 6.45) is 0.196. The fourth-order valence-corrected chi connectivity index (χ4v) is 2.68. The molecule has 2 rings (SSSR count). The highest BCUT2D eigenvalue weighted by Gasteiger charge is 2.17. The van der Waals surface area contributed by atoms with Crippen molar-refractivity contribution in [1.82, 2.24) is 10.2 Å². The molecule has 0 amide bonds. The van der Waals surface area contributed by atoms with E-state index in [9.17, 15) is 5.11 Å². The molecule has 0 saturated heterocycles. The lowest BCUT2D eigenvalue weighted by molar-refractivity contribution is 0.222. The van der Waals surface area contributed by atoms with Crippen LogP contribution >= 0.6 is 11.3 Å². The Bertz CT molecular complexity index is 522. The van der Waals surface area contributed by atoms with Gasteiger partial charge in [0.05, 0.1) is 11.4 Å². The Morgan fingerprint density at radius 3 is 2.65 bits per heavy atom. The SMILES string of the molecule is CCc1nnc(C)cc1C(O)c1ccc(C)s1. The molecule has 1 unspecified atom stereocenters. The summed E-state index contributed by atoms with van der Waals surface area (Å²) < 4.78 is 0. The van der Waals surface area contributed by atoms with Gasteiger partial charge in [0.1, 0.15) is 6.10 Å². The van der Waals surface area contributed by atoms with E-state index in [-0.39, 0.29) is 0 Å². The van der Waals surface area contributed by atoms with Gasteiger partial charge in [-0.3, -0.25) is 0 Å². The van der Waals surface area contributed by atoms with Crippen LogP contribution in [0.15, 0.2) is 18.2 Å². The van der Waals surface area contributed by atoms with E-state index in [0.717, 1.165) is 28.2 Å². The summed E-state index contributed by atoms with van der Waals surface area (Å²) in [7, 11) is 0. The number of hydrogen-bond acceptors (Lipinski definition) is 4. The maximum absolute atomic E-state index is 10.4. The minimum absolute atomic E-state index is 0.585. The van der Waals surface area contributed by atoms with Crippen molar-refractivity contribution in [2.45, 2.75) is 33.3 Å². The molecule has 2 heterocycles. The first-order valence-corrected chi connectivity index (χ1v) is 6.51. The predicted molar refractivity (Wildman–Crippen MR) is 69.3 cm³/mol. The zero-order valence-corrected chi connectivity index (χ0v) is 11.1. The summed E-state index contributed by atoms with van der Waals surface area (Å²) in [5, 5.41) is 18.6. The van der Waals surface area contributed by atoms with Crippen molar-refractivity contribution in [3.8, 4) is 0 Å². The van der Waals surface area contributed by atoms with E-state index < -0.39 is 6.10 Å². The summed E-state index contributed by atoms with van der Waals surface area (Å²) in [6.45, 7) is 5.95. The van der Waals surface area contributed by atoms with Crippen LogP contribution in [0.3, 0.4) is 0 Å². The van der Waals surface area contributed by atoms with Crippen LogP contribution in [0.1, 0.15) is 39.7 Å². The fraction of sp³-hybridized carbons (Fsp3) is 0.385. The molecular weight excluding hydrogens is 232 g/mol. The van der Waals surface area contributed by atoms with Crippen molar-refractivity contribution in [1.29, 1.82) is 0 Å². The molecule has 0 saturated carbocycles. The third kappa shape index (κ3) is 2.53. The van der Waals surface area contributed by atoms with Crippen LogP contribution in [0.5, 0.6) is 0 Å². The minimum Gasteiger partial charge on any atom is -0.383 e. The zero-order valence-electron chi connectivity index (χ0n) is 10.3. The smallest absolute Gasteiger partial charge is 0.115 e. The molecule has 0 bridgehead atoms. The van der Waals surface area contributed by atoms with E-state index in [1.54, 1.807) is 11.3 Å². The van der Waals surface area contributed by atoms with Gasteiger partial charge >= 0.3 is 0 Å². The highest BCUT2D eigenvalue weighted by molar-refractivity contribution is 7.12. The van der Waals surface area contributed by atoms with Gasteiger partial charge in [0.25, 0.3) is 0 Å². The van der Waals surface area contributed by atoms with Gasteiger partial charge in [0.2, 0.25) is 0 Å². The topological polar surface area (TPSA) is 46.0 Å². The van der Waals surface area contributed by atoms with E-state index in [1.807, 2.05) is 39.0 Å². The number of thiophene rings is 1. The van der Waals surface area contributed by atoms with Crippen molar-refractivity contribution in [2.24, 2.45) is 0 Å². The summed E-state index contributed by atoms with van der Waals surface area (Å²) in [4.78, 5) is 2.17. The number of aliphatic hydroxyl groups excluding tert-OH is 1. The molecular formula is C13H16N2OS. The number of aromatic nitrogens is 2. The second-order valence-corrected chi connectivity index (χ2v) is 5.41. The van der Waals surface area contributed by atoms with Gasteiger partial charge in [-0.05, 0) is 38.5 Å². The van der Waals surface area contributed by atoms with Crippen LogP contribution < -0.4 is 0 Å². The lowest BCUT2D eigenvalue weighted by Crippen LogP contribution is -2.06. The molecule has 0 radical (unpaired) electrons. The lowest BCUT2D eigenvalue weighted by atomic mass is 10.0. The van der Waals surface area contributed by atoms with Crippen LogP contribution in [0.4, 0.5) is 0 Å². The Kier molecular flexibility index (Phi) is 3.54. The van der Waals surface area contributed by atoms with Crippen molar-refractivity contribution in [3.05, 3.63) is 44.9 Å². The van der Waals surface area contributed by atoms with E-state index in [4.69, 9.17) is 0 Å². The van der Waals surface area contributed by atoms with E-state index in [0.29, 0.717) is 0 Å². The summed E-state index contributed by atoms with van der Waals surface area (Å²) in [5.41, 5.74) is 2.58. The summed E-state index contributed by atoms with van der Waals surface area (Å²) >= 11 is 1.62. The molecule has 2 aromatic rings. The largest absolute Gasteiger partial charge is 0.383 e. The third-order valence-corrected chi connectivity index (χ3v) is 3.74. The van der Waals surface area contributed by atoms with E-state index >= 15 is 0 Å². The minimum atomic E-state index is -0.585. The Labute approximate surface area is 105 Å².